The number of hydrogen-bond acceptors (Lipinski definition) is 8. The van der Waals surface area contributed by atoms with Crippen LogP contribution in [0.25, 0.3) is 0 Å². The van der Waals surface area contributed by atoms with Crippen LogP contribution in [-0.4, -0.2) is 29.6 Å². The average Bonchev–Trinajstić information content (AvgIpc) is 2.79. The number of rotatable bonds is 5. The minimum Gasteiger partial charge on any atom is -0.427 e. The second kappa shape index (κ2) is 10.4. The molecule has 3 aromatic rings. The Kier molecular flexibility index (Phi) is 7.33. The first-order valence-corrected chi connectivity index (χ1v) is 10.3. The van der Waals surface area contributed by atoms with Crippen molar-refractivity contribution < 1.29 is 19.0 Å². The van der Waals surface area contributed by atoms with Crippen molar-refractivity contribution in [3.63, 3.8) is 0 Å². The molecule has 34 heavy (non-hydrogen) atoms. The van der Waals surface area contributed by atoms with Crippen molar-refractivity contribution in [3.05, 3.63) is 100 Å². The molecule has 172 valence electrons. The zero-order valence-electron chi connectivity index (χ0n) is 19.0. The van der Waals surface area contributed by atoms with Crippen molar-refractivity contribution in [1.82, 2.24) is 0 Å². The maximum absolute atomic E-state index is 11.5. The summed E-state index contributed by atoms with van der Waals surface area (Å²) in [6.07, 6.45) is 0. The van der Waals surface area contributed by atoms with Gasteiger partial charge in [0.2, 0.25) is 23.6 Å². The molecule has 8 heteroatoms. The predicted molar refractivity (Wildman–Crippen MR) is 130 cm³/mol. The smallest absolute Gasteiger partial charge is 0.308 e. The standard InChI is InChI=1S/C26H24N4O4/c1-15-4-8-18(9-5-15)23(27)33-25(29)20-12-21(14-22(13-20)32-17(3)31)26(30)34-24(28)19-10-6-16(2)7-11-19/h4-14,27-30H,1-3H3. The summed E-state index contributed by atoms with van der Waals surface area (Å²) < 4.78 is 15.9. The summed E-state index contributed by atoms with van der Waals surface area (Å²) in [5, 5.41) is 32.9. The Morgan fingerprint density at radius 1 is 0.588 bits per heavy atom. The lowest BCUT2D eigenvalue weighted by molar-refractivity contribution is -0.131. The SMILES string of the molecule is CC(=O)Oc1cc(C(=N)OC(=N)c2ccc(C)cc2)cc(C(=N)OC(=N)c2ccc(C)cc2)c1. The molecule has 0 aromatic heterocycles. The molecule has 4 N–H and O–H groups in total. The lowest BCUT2D eigenvalue weighted by atomic mass is 10.1. The van der Waals surface area contributed by atoms with Crippen LogP contribution in [0.3, 0.4) is 0 Å². The van der Waals surface area contributed by atoms with Gasteiger partial charge < -0.3 is 14.2 Å². The number of carbonyl (C=O) groups is 1. The van der Waals surface area contributed by atoms with E-state index in [1.807, 2.05) is 38.1 Å². The molecule has 0 saturated carbocycles. The molecule has 0 amide bonds. The summed E-state index contributed by atoms with van der Waals surface area (Å²) in [7, 11) is 0. The molecule has 0 aliphatic heterocycles. The van der Waals surface area contributed by atoms with Gasteiger partial charge in [-0.05, 0) is 56.3 Å². The number of benzene rings is 3. The topological polar surface area (TPSA) is 140 Å². The highest BCUT2D eigenvalue weighted by atomic mass is 16.5. The van der Waals surface area contributed by atoms with Gasteiger partial charge in [-0.3, -0.25) is 26.4 Å². The average molecular weight is 457 g/mol. The second-order valence-corrected chi connectivity index (χ2v) is 7.59. The second-order valence-electron chi connectivity index (χ2n) is 7.59. The van der Waals surface area contributed by atoms with Crippen molar-refractivity contribution >= 4 is 29.6 Å². The van der Waals surface area contributed by atoms with E-state index < -0.39 is 5.97 Å². The maximum atomic E-state index is 11.5. The highest BCUT2D eigenvalue weighted by Gasteiger charge is 2.16. The van der Waals surface area contributed by atoms with Crippen molar-refractivity contribution in [3.8, 4) is 5.75 Å². The number of carbonyl (C=O) groups excluding carboxylic acids is 1. The minimum absolute atomic E-state index is 0.0745. The molecular formula is C26H24N4O4. The third-order valence-electron chi connectivity index (χ3n) is 4.73. The van der Waals surface area contributed by atoms with Crippen LogP contribution < -0.4 is 4.74 Å². The Morgan fingerprint density at radius 2 is 0.941 bits per heavy atom. The Morgan fingerprint density at radius 3 is 1.29 bits per heavy atom. The normalized spacial score (nSPS) is 10.2. The molecule has 0 radical (unpaired) electrons. The van der Waals surface area contributed by atoms with Crippen molar-refractivity contribution in [2.75, 3.05) is 0 Å². The largest absolute Gasteiger partial charge is 0.427 e. The molecule has 0 heterocycles. The lowest BCUT2D eigenvalue weighted by Crippen LogP contribution is -2.16. The first kappa shape index (κ1) is 24.1. The first-order chi connectivity index (χ1) is 16.1. The molecule has 0 atom stereocenters. The Balaban J connectivity index is 1.83. The number of ether oxygens (including phenoxy) is 3. The number of nitrogens with one attached hydrogen (secondary N) is 4. The van der Waals surface area contributed by atoms with Gasteiger partial charge in [0.25, 0.3) is 0 Å². The Bertz CT molecular complexity index is 1190. The third-order valence-corrected chi connectivity index (χ3v) is 4.73. The zero-order valence-corrected chi connectivity index (χ0v) is 19.0. The quantitative estimate of drug-likeness (QED) is 0.186. The number of aryl methyl sites for hydroxylation is 2. The molecule has 0 saturated heterocycles. The van der Waals surface area contributed by atoms with Gasteiger partial charge in [0.05, 0.1) is 0 Å². The molecule has 3 aromatic carbocycles. The molecule has 3 rings (SSSR count). The predicted octanol–water partition coefficient (Wildman–Crippen LogP) is 4.96. The van der Waals surface area contributed by atoms with E-state index in [1.54, 1.807) is 24.3 Å². The van der Waals surface area contributed by atoms with E-state index in [0.29, 0.717) is 11.1 Å². The van der Waals surface area contributed by atoms with Crippen LogP contribution in [0.5, 0.6) is 5.75 Å². The van der Waals surface area contributed by atoms with Gasteiger partial charge in [-0.2, -0.15) is 0 Å². The highest BCUT2D eigenvalue weighted by Crippen LogP contribution is 2.21. The molecule has 0 bridgehead atoms. The summed E-state index contributed by atoms with van der Waals surface area (Å²) >= 11 is 0. The van der Waals surface area contributed by atoms with Gasteiger partial charge in [-0.25, -0.2) is 0 Å². The van der Waals surface area contributed by atoms with Crippen molar-refractivity contribution in [2.24, 2.45) is 0 Å². The monoisotopic (exact) mass is 456 g/mol. The lowest BCUT2D eigenvalue weighted by Gasteiger charge is -2.13. The summed E-state index contributed by atoms with van der Waals surface area (Å²) in [5.74, 6) is -1.70. The van der Waals surface area contributed by atoms with Crippen molar-refractivity contribution in [2.45, 2.75) is 20.8 Å². The fourth-order valence-electron chi connectivity index (χ4n) is 2.94. The van der Waals surface area contributed by atoms with Crippen LogP contribution in [0, 0.1) is 35.5 Å². The number of hydrogen-bond donors (Lipinski definition) is 4. The molecule has 0 fully saturated rings. The molecular weight excluding hydrogens is 432 g/mol. The third kappa shape index (κ3) is 6.23. The van der Waals surface area contributed by atoms with Crippen LogP contribution in [0.4, 0.5) is 0 Å². The Hall–Kier alpha value is -4.59. The molecule has 0 spiro atoms. The van der Waals surface area contributed by atoms with Gasteiger partial charge in [-0.15, -0.1) is 0 Å². The van der Waals surface area contributed by atoms with E-state index in [-0.39, 0.29) is 40.5 Å². The summed E-state index contributed by atoms with van der Waals surface area (Å²) in [6, 6.07) is 18.4. The van der Waals surface area contributed by atoms with E-state index in [0.717, 1.165) is 11.1 Å². The van der Waals surface area contributed by atoms with Crippen LogP contribution >= 0.6 is 0 Å². The van der Waals surface area contributed by atoms with Crippen molar-refractivity contribution in [1.29, 1.82) is 21.6 Å². The van der Waals surface area contributed by atoms with Crippen LogP contribution in [-0.2, 0) is 14.3 Å². The van der Waals surface area contributed by atoms with Crippen LogP contribution in [0.2, 0.25) is 0 Å². The molecule has 0 aliphatic rings. The highest BCUT2D eigenvalue weighted by molar-refractivity contribution is 6.08. The van der Waals surface area contributed by atoms with Gasteiger partial charge in [-0.1, -0.05) is 35.4 Å². The fourth-order valence-corrected chi connectivity index (χ4v) is 2.94. The summed E-state index contributed by atoms with van der Waals surface area (Å²) in [4.78, 5) is 11.5. The fraction of sp³-hybridized carbons (Fsp3) is 0.115. The van der Waals surface area contributed by atoms with E-state index >= 15 is 0 Å². The van der Waals surface area contributed by atoms with E-state index in [9.17, 15) is 4.79 Å². The zero-order chi connectivity index (χ0) is 24.8. The summed E-state index contributed by atoms with van der Waals surface area (Å²) in [6.45, 7) is 5.08. The van der Waals surface area contributed by atoms with Gasteiger partial charge in [0.15, 0.2) is 0 Å². The van der Waals surface area contributed by atoms with E-state index in [2.05, 4.69) is 0 Å². The van der Waals surface area contributed by atoms with Crippen LogP contribution in [0.15, 0.2) is 66.7 Å². The van der Waals surface area contributed by atoms with Gasteiger partial charge >= 0.3 is 5.97 Å². The van der Waals surface area contributed by atoms with Gasteiger partial charge in [0.1, 0.15) is 5.75 Å². The molecule has 0 unspecified atom stereocenters. The van der Waals surface area contributed by atoms with Crippen LogP contribution in [0.1, 0.15) is 40.3 Å². The molecule has 0 aliphatic carbocycles. The Labute approximate surface area is 197 Å². The maximum Gasteiger partial charge on any atom is 0.308 e. The van der Waals surface area contributed by atoms with Gasteiger partial charge in [0, 0.05) is 29.2 Å². The van der Waals surface area contributed by atoms with E-state index in [4.69, 9.17) is 35.8 Å². The molecule has 8 nitrogen and oxygen atoms in total. The van der Waals surface area contributed by atoms with E-state index in [1.165, 1.54) is 25.1 Å². The minimum atomic E-state index is -0.581. The first-order valence-electron chi connectivity index (χ1n) is 10.3. The number of esters is 1. The summed E-state index contributed by atoms with van der Waals surface area (Å²) in [5.41, 5.74) is 3.38.